The van der Waals surface area contributed by atoms with E-state index in [-0.39, 0.29) is 11.8 Å². The Balaban J connectivity index is 2.25. The fourth-order valence-electron chi connectivity index (χ4n) is 2.77. The third kappa shape index (κ3) is 9.44. The second-order valence-electron chi connectivity index (χ2n) is 6.69. The first-order valence-electron chi connectivity index (χ1n) is 8.70. The molecule has 1 aliphatic heterocycles. The van der Waals surface area contributed by atoms with Crippen molar-refractivity contribution >= 4 is 15.8 Å². The van der Waals surface area contributed by atoms with Gasteiger partial charge >= 0.3 is 0 Å². The summed E-state index contributed by atoms with van der Waals surface area (Å²) in [6.07, 6.45) is 4.21. The number of aliphatic imine (C=N–C) groups is 1. The van der Waals surface area contributed by atoms with Crippen LogP contribution in [0, 0.1) is 5.92 Å². The predicted octanol–water partition coefficient (Wildman–Crippen LogP) is 0.333. The summed E-state index contributed by atoms with van der Waals surface area (Å²) in [6.45, 7) is 6.92. The molecule has 0 aromatic rings. The molecule has 24 heavy (non-hydrogen) atoms. The Morgan fingerprint density at radius 2 is 2.04 bits per heavy atom. The van der Waals surface area contributed by atoms with E-state index >= 15 is 0 Å². The molecule has 0 aromatic carbocycles. The van der Waals surface area contributed by atoms with Crippen molar-refractivity contribution in [1.29, 1.82) is 0 Å². The summed E-state index contributed by atoms with van der Waals surface area (Å²) in [5.74, 6) is 1.59. The number of sulfone groups is 1. The maximum absolute atomic E-state index is 11.2. The zero-order valence-electron chi connectivity index (χ0n) is 15.5. The Morgan fingerprint density at radius 1 is 1.38 bits per heavy atom. The minimum absolute atomic E-state index is 0.0711. The summed E-state index contributed by atoms with van der Waals surface area (Å²) < 4.78 is 27.6. The third-order valence-corrected chi connectivity index (χ3v) is 5.38. The third-order valence-electron chi connectivity index (χ3n) is 4.41. The van der Waals surface area contributed by atoms with Crippen LogP contribution in [-0.2, 0) is 14.6 Å². The molecule has 1 saturated heterocycles. The topological polar surface area (TPSA) is 83.0 Å². The molecule has 142 valence electrons. The van der Waals surface area contributed by atoms with Crippen LogP contribution in [0.25, 0.3) is 0 Å². The quantitative estimate of drug-likeness (QED) is 0.454. The lowest BCUT2D eigenvalue weighted by molar-refractivity contribution is 0.121. The number of piperidine rings is 1. The van der Waals surface area contributed by atoms with Gasteiger partial charge in [0.25, 0.3) is 0 Å². The van der Waals surface area contributed by atoms with E-state index in [2.05, 4.69) is 20.5 Å². The summed E-state index contributed by atoms with van der Waals surface area (Å²) in [4.78, 5) is 6.68. The Hall–Kier alpha value is -0.860. The highest BCUT2D eigenvalue weighted by atomic mass is 32.2. The minimum Gasteiger partial charge on any atom is -0.383 e. The van der Waals surface area contributed by atoms with Gasteiger partial charge in [-0.3, -0.25) is 4.99 Å². The van der Waals surface area contributed by atoms with E-state index in [1.165, 1.54) is 19.1 Å². The molecule has 1 unspecified atom stereocenters. The number of nitrogens with zero attached hydrogens (tertiary/aromatic N) is 2. The molecule has 2 N–H and O–H groups in total. The number of ether oxygens (including phenoxy) is 1. The number of rotatable bonds is 9. The number of nitrogens with one attached hydrogen (secondary N) is 2. The lowest BCUT2D eigenvalue weighted by Crippen LogP contribution is -2.46. The van der Waals surface area contributed by atoms with E-state index in [0.717, 1.165) is 38.7 Å². The minimum atomic E-state index is -2.92. The Bertz CT molecular complexity index is 474. The van der Waals surface area contributed by atoms with Crippen molar-refractivity contribution < 1.29 is 13.2 Å². The number of hydrogen-bond donors (Lipinski definition) is 2. The van der Waals surface area contributed by atoms with Crippen LogP contribution in [0.15, 0.2) is 4.99 Å². The van der Waals surface area contributed by atoms with Crippen LogP contribution in [0.1, 0.15) is 26.2 Å². The average molecular weight is 363 g/mol. The molecule has 0 radical (unpaired) electrons. The van der Waals surface area contributed by atoms with Crippen molar-refractivity contribution in [3.8, 4) is 0 Å². The van der Waals surface area contributed by atoms with E-state index in [1.807, 2.05) is 6.92 Å². The second-order valence-corrected chi connectivity index (χ2v) is 8.95. The van der Waals surface area contributed by atoms with E-state index in [1.54, 1.807) is 14.2 Å². The molecule has 0 aromatic heterocycles. The number of methoxy groups -OCH3 is 1. The molecular formula is C16H34N4O3S. The highest BCUT2D eigenvalue weighted by Gasteiger charge is 2.19. The lowest BCUT2D eigenvalue weighted by atomic mass is 9.97. The van der Waals surface area contributed by atoms with Crippen molar-refractivity contribution in [3.63, 3.8) is 0 Å². The Morgan fingerprint density at radius 3 is 2.58 bits per heavy atom. The molecule has 1 fully saturated rings. The second kappa shape index (κ2) is 10.9. The zero-order chi connectivity index (χ0) is 18.0. The van der Waals surface area contributed by atoms with E-state index in [9.17, 15) is 8.42 Å². The fourth-order valence-corrected chi connectivity index (χ4v) is 3.55. The molecular weight excluding hydrogens is 328 g/mol. The summed E-state index contributed by atoms with van der Waals surface area (Å²) >= 11 is 0. The van der Waals surface area contributed by atoms with Gasteiger partial charge in [0.2, 0.25) is 0 Å². The van der Waals surface area contributed by atoms with Gasteiger partial charge in [0.05, 0.1) is 12.4 Å². The zero-order valence-corrected chi connectivity index (χ0v) is 16.4. The lowest BCUT2D eigenvalue weighted by Gasteiger charge is -2.32. The van der Waals surface area contributed by atoms with Gasteiger partial charge in [0.1, 0.15) is 9.84 Å². The summed E-state index contributed by atoms with van der Waals surface area (Å²) in [5, 5.41) is 6.63. The van der Waals surface area contributed by atoms with Crippen molar-refractivity contribution in [2.75, 3.05) is 59.0 Å². The molecule has 1 aliphatic rings. The Kier molecular flexibility index (Phi) is 9.61. The standard InChI is InChI=1S/C16H34N4O3S/c1-14(7-12-24(4,21)22)19-16(17-2)18-13-15-5-8-20(9-6-15)10-11-23-3/h14-15H,5-13H2,1-4H3,(H2,17,18,19). The first-order valence-corrected chi connectivity index (χ1v) is 10.8. The molecule has 0 aliphatic carbocycles. The van der Waals surface area contributed by atoms with Crippen LogP contribution < -0.4 is 10.6 Å². The van der Waals surface area contributed by atoms with Crippen LogP contribution in [0.5, 0.6) is 0 Å². The summed E-state index contributed by atoms with van der Waals surface area (Å²) in [6, 6.07) is 0.0711. The highest BCUT2D eigenvalue weighted by molar-refractivity contribution is 7.90. The highest BCUT2D eigenvalue weighted by Crippen LogP contribution is 2.15. The van der Waals surface area contributed by atoms with Crippen LogP contribution in [0.2, 0.25) is 0 Å². The number of hydrogen-bond acceptors (Lipinski definition) is 5. The monoisotopic (exact) mass is 362 g/mol. The first-order chi connectivity index (χ1) is 11.3. The predicted molar refractivity (Wildman–Crippen MR) is 99.3 cm³/mol. The van der Waals surface area contributed by atoms with Gasteiger partial charge in [0.15, 0.2) is 5.96 Å². The van der Waals surface area contributed by atoms with Crippen LogP contribution >= 0.6 is 0 Å². The van der Waals surface area contributed by atoms with Crippen LogP contribution in [-0.4, -0.2) is 84.3 Å². The fraction of sp³-hybridized carbons (Fsp3) is 0.938. The number of guanidine groups is 1. The number of likely N-dealkylation sites (tertiary alicyclic amines) is 1. The van der Waals surface area contributed by atoms with E-state index in [0.29, 0.717) is 12.3 Å². The van der Waals surface area contributed by atoms with Gasteiger partial charge in [-0.2, -0.15) is 0 Å². The molecule has 0 amide bonds. The van der Waals surface area contributed by atoms with Crippen molar-refractivity contribution in [1.82, 2.24) is 15.5 Å². The molecule has 0 spiro atoms. The molecule has 1 rings (SSSR count). The molecule has 0 saturated carbocycles. The molecule has 1 atom stereocenters. The van der Waals surface area contributed by atoms with Crippen LogP contribution in [0.3, 0.4) is 0 Å². The Labute approximate surface area is 147 Å². The van der Waals surface area contributed by atoms with Gasteiger partial charge in [-0.1, -0.05) is 0 Å². The van der Waals surface area contributed by atoms with Crippen LogP contribution in [0.4, 0.5) is 0 Å². The largest absolute Gasteiger partial charge is 0.383 e. The van der Waals surface area contributed by atoms with Crippen molar-refractivity contribution in [2.45, 2.75) is 32.2 Å². The molecule has 0 bridgehead atoms. The van der Waals surface area contributed by atoms with Gasteiger partial charge in [0, 0.05) is 39.5 Å². The first kappa shape index (κ1) is 21.2. The summed E-state index contributed by atoms with van der Waals surface area (Å²) in [7, 11) is 0.567. The maximum Gasteiger partial charge on any atom is 0.191 e. The van der Waals surface area contributed by atoms with Gasteiger partial charge in [-0.25, -0.2) is 8.42 Å². The molecule has 1 heterocycles. The average Bonchev–Trinajstić information content (AvgIpc) is 2.55. The maximum atomic E-state index is 11.2. The van der Waals surface area contributed by atoms with Gasteiger partial charge in [-0.15, -0.1) is 0 Å². The van der Waals surface area contributed by atoms with E-state index in [4.69, 9.17) is 4.74 Å². The van der Waals surface area contributed by atoms with Crippen molar-refractivity contribution in [3.05, 3.63) is 0 Å². The van der Waals surface area contributed by atoms with Crippen molar-refractivity contribution in [2.24, 2.45) is 10.9 Å². The van der Waals surface area contributed by atoms with Gasteiger partial charge < -0.3 is 20.3 Å². The molecule has 7 nitrogen and oxygen atoms in total. The SMILES string of the molecule is CN=C(NCC1CCN(CCOC)CC1)NC(C)CCS(C)(=O)=O. The smallest absolute Gasteiger partial charge is 0.191 e. The van der Waals surface area contributed by atoms with E-state index < -0.39 is 9.84 Å². The molecule has 8 heteroatoms. The normalized spacial score (nSPS) is 19.2. The van der Waals surface area contributed by atoms with Gasteiger partial charge in [-0.05, 0) is 45.2 Å². The summed E-state index contributed by atoms with van der Waals surface area (Å²) in [5.41, 5.74) is 0.